The summed E-state index contributed by atoms with van der Waals surface area (Å²) in [5.74, 6) is 0.383. The zero-order chi connectivity index (χ0) is 23.1. The van der Waals surface area contributed by atoms with Crippen molar-refractivity contribution in [2.24, 2.45) is 0 Å². The van der Waals surface area contributed by atoms with Crippen LogP contribution in [0, 0.1) is 6.92 Å². The van der Waals surface area contributed by atoms with Crippen LogP contribution in [0.5, 0.6) is 5.75 Å². The minimum Gasteiger partial charge on any atom is -0.489 e. The molecule has 0 saturated carbocycles. The average Bonchev–Trinajstić information content (AvgIpc) is 2.78. The highest BCUT2D eigenvalue weighted by molar-refractivity contribution is 7.89. The lowest BCUT2D eigenvalue weighted by molar-refractivity contribution is 0.0939. The van der Waals surface area contributed by atoms with E-state index in [1.807, 2.05) is 43.3 Å². The van der Waals surface area contributed by atoms with E-state index in [9.17, 15) is 13.2 Å². The molecule has 0 aliphatic rings. The number of carbonyl (C=O) groups excluding carboxylic acids is 1. The average molecular weight is 454 g/mol. The molecule has 1 heterocycles. The Bertz CT molecular complexity index is 1160. The Morgan fingerprint density at radius 1 is 1.12 bits per heavy atom. The molecule has 1 aromatic heterocycles. The maximum atomic E-state index is 12.9. The highest BCUT2D eigenvalue weighted by atomic mass is 32.2. The fourth-order valence-corrected chi connectivity index (χ4v) is 4.21. The molecule has 2 N–H and O–H groups in total. The number of hydrogen-bond donors (Lipinski definition) is 2. The Labute approximate surface area is 188 Å². The first-order valence-electron chi connectivity index (χ1n) is 10.3. The van der Waals surface area contributed by atoms with Crippen molar-refractivity contribution in [3.63, 3.8) is 0 Å². The molecule has 0 bridgehead atoms. The number of amides is 1. The van der Waals surface area contributed by atoms with Crippen molar-refractivity contribution in [2.75, 3.05) is 6.54 Å². The fourth-order valence-electron chi connectivity index (χ4n) is 3.15. The largest absolute Gasteiger partial charge is 0.489 e. The number of nitrogens with one attached hydrogen (secondary N) is 2. The highest BCUT2D eigenvalue weighted by Crippen LogP contribution is 2.21. The number of carbonyl (C=O) groups is 1. The summed E-state index contributed by atoms with van der Waals surface area (Å²) in [7, 11) is -3.64. The second-order valence-corrected chi connectivity index (χ2v) is 9.16. The van der Waals surface area contributed by atoms with Crippen LogP contribution in [0.15, 0.2) is 71.9 Å². The maximum absolute atomic E-state index is 12.9. The van der Waals surface area contributed by atoms with Gasteiger partial charge in [-0.05, 0) is 55.3 Å². The molecule has 8 heteroatoms. The molecule has 1 atom stereocenters. The molecule has 0 saturated heterocycles. The lowest BCUT2D eigenvalue weighted by Gasteiger charge is -2.17. The molecule has 7 nitrogen and oxygen atoms in total. The van der Waals surface area contributed by atoms with Gasteiger partial charge in [-0.3, -0.25) is 9.78 Å². The van der Waals surface area contributed by atoms with Crippen LogP contribution in [0.25, 0.3) is 0 Å². The smallest absolute Gasteiger partial charge is 0.252 e. The van der Waals surface area contributed by atoms with E-state index in [0.717, 1.165) is 11.1 Å². The second-order valence-electron chi connectivity index (χ2n) is 7.39. The first-order valence-corrected chi connectivity index (χ1v) is 11.8. The molecule has 0 aliphatic carbocycles. The van der Waals surface area contributed by atoms with Gasteiger partial charge in [0.2, 0.25) is 10.0 Å². The van der Waals surface area contributed by atoms with E-state index in [4.69, 9.17) is 4.74 Å². The number of benzene rings is 2. The third-order valence-corrected chi connectivity index (χ3v) is 6.50. The molecule has 2 aromatic carbocycles. The van der Waals surface area contributed by atoms with Crippen molar-refractivity contribution >= 4 is 15.9 Å². The Hall–Kier alpha value is -3.23. The quantitative estimate of drug-likeness (QED) is 0.514. The summed E-state index contributed by atoms with van der Waals surface area (Å²) in [6.45, 7) is 6.05. The summed E-state index contributed by atoms with van der Waals surface area (Å²) in [5, 5.41) is 2.94. The number of ether oxygens (including phenoxy) is 1. The Morgan fingerprint density at radius 2 is 1.88 bits per heavy atom. The topological polar surface area (TPSA) is 97.4 Å². The van der Waals surface area contributed by atoms with E-state index in [1.54, 1.807) is 32.3 Å². The number of hydrogen-bond acceptors (Lipinski definition) is 5. The number of nitrogens with zero attached hydrogens (tertiary/aromatic N) is 1. The summed E-state index contributed by atoms with van der Waals surface area (Å²) >= 11 is 0. The van der Waals surface area contributed by atoms with Crippen molar-refractivity contribution in [1.29, 1.82) is 0 Å². The molecule has 0 radical (unpaired) electrons. The molecule has 32 heavy (non-hydrogen) atoms. The summed E-state index contributed by atoms with van der Waals surface area (Å²) in [5.41, 5.74) is 2.91. The molecular formula is C24H27N3O4S. The lowest BCUT2D eigenvalue weighted by Crippen LogP contribution is -2.28. The number of rotatable bonds is 9. The molecule has 0 aliphatic heterocycles. The van der Waals surface area contributed by atoms with Gasteiger partial charge in [0.25, 0.3) is 5.91 Å². The van der Waals surface area contributed by atoms with E-state index in [-0.39, 0.29) is 23.4 Å². The highest BCUT2D eigenvalue weighted by Gasteiger charge is 2.19. The van der Waals surface area contributed by atoms with Gasteiger partial charge in [0, 0.05) is 30.1 Å². The molecule has 0 unspecified atom stereocenters. The molecule has 0 spiro atoms. The maximum Gasteiger partial charge on any atom is 0.252 e. The fraction of sp³-hybridized carbons (Fsp3) is 0.250. The number of pyridine rings is 1. The Balaban J connectivity index is 1.66. The van der Waals surface area contributed by atoms with Crippen molar-refractivity contribution in [3.05, 3.63) is 89.2 Å². The van der Waals surface area contributed by atoms with Crippen LogP contribution in [0.4, 0.5) is 0 Å². The summed E-state index contributed by atoms with van der Waals surface area (Å²) in [4.78, 5) is 17.0. The third kappa shape index (κ3) is 5.93. The van der Waals surface area contributed by atoms with E-state index < -0.39 is 10.0 Å². The molecule has 1 amide bonds. The SMILES string of the molecule is CCNS(=O)(=O)c1ccc(C)c(C(=O)N[C@@H](C)c2ccc(OCc3cccnc3)cc2)c1. The zero-order valence-corrected chi connectivity index (χ0v) is 19.1. The molecule has 3 rings (SSSR count). The predicted octanol–water partition coefficient (Wildman–Crippen LogP) is 3.76. The summed E-state index contributed by atoms with van der Waals surface area (Å²) in [6.07, 6.45) is 3.47. The van der Waals surface area contributed by atoms with Crippen molar-refractivity contribution in [3.8, 4) is 5.75 Å². The van der Waals surface area contributed by atoms with E-state index in [2.05, 4.69) is 15.0 Å². The van der Waals surface area contributed by atoms with Crippen LogP contribution in [-0.2, 0) is 16.6 Å². The van der Waals surface area contributed by atoms with Crippen molar-refractivity contribution < 1.29 is 17.9 Å². The standard InChI is InChI=1S/C24H27N3O4S/c1-4-26-32(29,30)22-12-7-17(2)23(14-22)24(28)27-18(3)20-8-10-21(11-9-20)31-16-19-6-5-13-25-15-19/h5-15,18,26H,4,16H2,1-3H3,(H,27,28)/t18-/m0/s1. The van der Waals surface area contributed by atoms with Gasteiger partial charge in [-0.2, -0.15) is 0 Å². The second kappa shape index (κ2) is 10.4. The van der Waals surface area contributed by atoms with Gasteiger partial charge in [0.05, 0.1) is 10.9 Å². The van der Waals surface area contributed by atoms with Gasteiger partial charge < -0.3 is 10.1 Å². The monoisotopic (exact) mass is 453 g/mol. The van der Waals surface area contributed by atoms with E-state index in [1.165, 1.54) is 12.1 Å². The van der Waals surface area contributed by atoms with Crippen LogP contribution in [-0.4, -0.2) is 25.9 Å². The van der Waals surface area contributed by atoms with Crippen molar-refractivity contribution in [2.45, 2.75) is 38.3 Å². The number of aromatic nitrogens is 1. The third-order valence-electron chi connectivity index (χ3n) is 4.95. The molecular weight excluding hydrogens is 426 g/mol. The lowest BCUT2D eigenvalue weighted by atomic mass is 10.1. The molecule has 168 valence electrons. The Morgan fingerprint density at radius 3 is 2.53 bits per heavy atom. The Kier molecular flexibility index (Phi) is 7.61. The van der Waals surface area contributed by atoms with Crippen LogP contribution in [0.2, 0.25) is 0 Å². The van der Waals surface area contributed by atoms with Crippen LogP contribution >= 0.6 is 0 Å². The predicted molar refractivity (Wildman–Crippen MR) is 123 cm³/mol. The first-order chi connectivity index (χ1) is 15.3. The van der Waals surface area contributed by atoms with E-state index >= 15 is 0 Å². The summed E-state index contributed by atoms with van der Waals surface area (Å²) in [6, 6.07) is 15.6. The van der Waals surface area contributed by atoms with Gasteiger partial charge in [0.15, 0.2) is 0 Å². The first kappa shape index (κ1) is 23.4. The molecule has 3 aromatic rings. The van der Waals surface area contributed by atoms with E-state index in [0.29, 0.717) is 23.5 Å². The van der Waals surface area contributed by atoms with Gasteiger partial charge in [0.1, 0.15) is 12.4 Å². The minimum atomic E-state index is -3.64. The number of aryl methyl sites for hydroxylation is 1. The van der Waals surface area contributed by atoms with Crippen molar-refractivity contribution in [1.82, 2.24) is 15.0 Å². The molecule has 0 fully saturated rings. The van der Waals surface area contributed by atoms with Gasteiger partial charge in [-0.25, -0.2) is 13.1 Å². The van der Waals surface area contributed by atoms with Crippen LogP contribution < -0.4 is 14.8 Å². The van der Waals surface area contributed by atoms with Gasteiger partial charge >= 0.3 is 0 Å². The minimum absolute atomic E-state index is 0.0675. The van der Waals surface area contributed by atoms with Gasteiger partial charge in [-0.15, -0.1) is 0 Å². The zero-order valence-electron chi connectivity index (χ0n) is 18.3. The van der Waals surface area contributed by atoms with Crippen LogP contribution in [0.3, 0.4) is 0 Å². The normalized spacial score (nSPS) is 12.2. The van der Waals surface area contributed by atoms with Gasteiger partial charge in [-0.1, -0.05) is 31.2 Å². The van der Waals surface area contributed by atoms with Crippen LogP contribution in [0.1, 0.15) is 46.9 Å². The number of sulfonamides is 1. The summed E-state index contributed by atoms with van der Waals surface area (Å²) < 4.78 is 32.8.